The number of rotatable bonds is 3. The molecule has 1 atom stereocenters. The van der Waals surface area contributed by atoms with E-state index in [0.29, 0.717) is 30.5 Å². The number of aromatic nitrogens is 2. The summed E-state index contributed by atoms with van der Waals surface area (Å²) in [5.41, 5.74) is 1.74. The first kappa shape index (κ1) is 17.1. The van der Waals surface area contributed by atoms with Crippen molar-refractivity contribution in [3.8, 4) is 0 Å². The van der Waals surface area contributed by atoms with E-state index >= 15 is 0 Å². The normalized spacial score (nSPS) is 17.4. The number of carbonyl (C=O) groups excluding carboxylic acids is 2. The fourth-order valence-electron chi connectivity index (χ4n) is 3.04. The topological polar surface area (TPSA) is 88.3 Å². The molecule has 1 aliphatic heterocycles. The Kier molecular flexibility index (Phi) is 5.11. The van der Waals surface area contributed by atoms with Crippen molar-refractivity contribution in [2.75, 3.05) is 18.4 Å². The molecule has 0 radical (unpaired) electrons. The Hall–Kier alpha value is -2.70. The lowest BCUT2D eigenvalue weighted by molar-refractivity contribution is -0.144. The van der Waals surface area contributed by atoms with Gasteiger partial charge in [0, 0.05) is 18.8 Å². The highest BCUT2D eigenvalue weighted by molar-refractivity contribution is 6.39. The summed E-state index contributed by atoms with van der Waals surface area (Å²) in [6.07, 6.45) is 2.54. The number of hydrogen-bond acceptors (Lipinski definition) is 5. The molecule has 0 bridgehead atoms. The van der Waals surface area contributed by atoms with Crippen LogP contribution in [0.25, 0.3) is 0 Å². The van der Waals surface area contributed by atoms with Gasteiger partial charge in [-0.2, -0.15) is 4.98 Å². The van der Waals surface area contributed by atoms with Gasteiger partial charge in [0.2, 0.25) is 5.89 Å². The van der Waals surface area contributed by atoms with Crippen molar-refractivity contribution in [1.82, 2.24) is 15.0 Å². The van der Waals surface area contributed by atoms with E-state index in [0.717, 1.165) is 24.8 Å². The summed E-state index contributed by atoms with van der Waals surface area (Å²) < 4.78 is 5.21. The van der Waals surface area contributed by atoms with Gasteiger partial charge in [-0.1, -0.05) is 24.2 Å². The third-order valence-corrected chi connectivity index (χ3v) is 4.39. The molecule has 0 saturated carbocycles. The summed E-state index contributed by atoms with van der Waals surface area (Å²) in [7, 11) is 0. The highest BCUT2D eigenvalue weighted by Crippen LogP contribution is 2.25. The minimum absolute atomic E-state index is 0.0184. The fourth-order valence-corrected chi connectivity index (χ4v) is 3.04. The van der Waals surface area contributed by atoms with Gasteiger partial charge in [-0.15, -0.1) is 0 Å². The molecule has 0 spiro atoms. The maximum Gasteiger partial charge on any atom is 0.313 e. The lowest BCUT2D eigenvalue weighted by Gasteiger charge is -2.30. The van der Waals surface area contributed by atoms with Gasteiger partial charge in [0.25, 0.3) is 0 Å². The van der Waals surface area contributed by atoms with Crippen LogP contribution in [-0.4, -0.2) is 39.9 Å². The fraction of sp³-hybridized carbons (Fsp3) is 0.444. The minimum atomic E-state index is -0.615. The van der Waals surface area contributed by atoms with Gasteiger partial charge in [-0.25, -0.2) is 0 Å². The van der Waals surface area contributed by atoms with Crippen molar-refractivity contribution < 1.29 is 14.1 Å². The van der Waals surface area contributed by atoms with Gasteiger partial charge in [0.15, 0.2) is 5.82 Å². The van der Waals surface area contributed by atoms with E-state index in [1.54, 1.807) is 17.9 Å². The molecule has 0 aliphatic carbocycles. The molecule has 1 saturated heterocycles. The lowest BCUT2D eigenvalue weighted by atomic mass is 9.98. The molecule has 2 aromatic rings. The number of hydrogen-bond donors (Lipinski definition) is 1. The molecular weight excluding hydrogens is 320 g/mol. The van der Waals surface area contributed by atoms with Crippen LogP contribution < -0.4 is 5.32 Å². The Morgan fingerprint density at radius 3 is 2.96 bits per heavy atom. The number of likely N-dealkylation sites (tertiary alicyclic amines) is 1. The van der Waals surface area contributed by atoms with Crippen molar-refractivity contribution in [2.45, 2.75) is 39.0 Å². The number of aryl methyl sites for hydroxylation is 2. The van der Waals surface area contributed by atoms with Crippen LogP contribution in [0.5, 0.6) is 0 Å². The number of amides is 2. The average Bonchev–Trinajstić information content (AvgIpc) is 3.07. The molecule has 7 nitrogen and oxygen atoms in total. The predicted octanol–water partition coefficient (Wildman–Crippen LogP) is 2.29. The zero-order valence-electron chi connectivity index (χ0n) is 14.5. The Balaban J connectivity index is 1.64. The summed E-state index contributed by atoms with van der Waals surface area (Å²) in [5, 5.41) is 6.49. The van der Waals surface area contributed by atoms with Gasteiger partial charge in [0.1, 0.15) is 0 Å². The lowest BCUT2D eigenvalue weighted by Crippen LogP contribution is -2.44. The second-order valence-corrected chi connectivity index (χ2v) is 6.28. The molecular formula is C18H22N4O3. The summed E-state index contributed by atoms with van der Waals surface area (Å²) >= 11 is 0. The van der Waals surface area contributed by atoms with Crippen LogP contribution in [0.2, 0.25) is 0 Å². The number of piperidine rings is 1. The number of nitrogens with zero attached hydrogens (tertiary/aromatic N) is 3. The standard InChI is InChI=1S/C18H22N4O3/c1-3-13-6-4-8-15(10-13)20-16(23)18(24)22-9-5-7-14(11-22)17-19-12(2)21-25-17/h4,6,8,10,14H,3,5,7,9,11H2,1-2H3,(H,20,23). The monoisotopic (exact) mass is 342 g/mol. The van der Waals surface area contributed by atoms with E-state index in [2.05, 4.69) is 15.5 Å². The first-order valence-corrected chi connectivity index (χ1v) is 8.56. The van der Waals surface area contributed by atoms with Gasteiger partial charge in [-0.3, -0.25) is 9.59 Å². The van der Waals surface area contributed by atoms with Crippen molar-refractivity contribution in [3.05, 3.63) is 41.5 Å². The van der Waals surface area contributed by atoms with Gasteiger partial charge in [0.05, 0.1) is 5.92 Å². The SMILES string of the molecule is CCc1cccc(NC(=O)C(=O)N2CCCC(c3nc(C)no3)C2)c1. The number of benzene rings is 1. The van der Waals surface area contributed by atoms with Crippen molar-refractivity contribution in [1.29, 1.82) is 0 Å². The van der Waals surface area contributed by atoms with Crippen molar-refractivity contribution >= 4 is 17.5 Å². The average molecular weight is 342 g/mol. The highest BCUT2D eigenvalue weighted by Gasteiger charge is 2.31. The molecule has 1 aromatic carbocycles. The molecule has 2 heterocycles. The Morgan fingerprint density at radius 1 is 1.40 bits per heavy atom. The van der Waals surface area contributed by atoms with Crippen LogP contribution >= 0.6 is 0 Å². The van der Waals surface area contributed by atoms with E-state index in [9.17, 15) is 9.59 Å². The van der Waals surface area contributed by atoms with Crippen LogP contribution in [-0.2, 0) is 16.0 Å². The molecule has 1 aromatic heterocycles. The molecule has 1 unspecified atom stereocenters. The highest BCUT2D eigenvalue weighted by atomic mass is 16.5. The van der Waals surface area contributed by atoms with E-state index in [1.807, 2.05) is 25.1 Å². The summed E-state index contributed by atoms with van der Waals surface area (Å²) in [5.74, 6) is -0.0494. The first-order chi connectivity index (χ1) is 12.1. The molecule has 1 N–H and O–H groups in total. The zero-order chi connectivity index (χ0) is 17.8. The first-order valence-electron chi connectivity index (χ1n) is 8.56. The third kappa shape index (κ3) is 4.04. The summed E-state index contributed by atoms with van der Waals surface area (Å²) in [6, 6.07) is 7.52. The molecule has 3 rings (SSSR count). The molecule has 2 amide bonds. The Labute approximate surface area is 146 Å². The molecule has 132 valence electrons. The Bertz CT molecular complexity index is 771. The predicted molar refractivity (Wildman–Crippen MR) is 92.0 cm³/mol. The molecule has 1 fully saturated rings. The number of carbonyl (C=O) groups is 2. The summed E-state index contributed by atoms with van der Waals surface area (Å²) in [4.78, 5) is 30.6. The van der Waals surface area contributed by atoms with E-state index in [1.165, 1.54) is 0 Å². The van der Waals surface area contributed by atoms with Gasteiger partial charge < -0.3 is 14.7 Å². The smallest absolute Gasteiger partial charge is 0.313 e. The van der Waals surface area contributed by atoms with Crippen LogP contribution in [0.3, 0.4) is 0 Å². The van der Waals surface area contributed by atoms with E-state index in [4.69, 9.17) is 4.52 Å². The second kappa shape index (κ2) is 7.46. The Morgan fingerprint density at radius 2 is 2.24 bits per heavy atom. The van der Waals surface area contributed by atoms with E-state index in [-0.39, 0.29) is 5.92 Å². The van der Waals surface area contributed by atoms with Crippen LogP contribution in [0.15, 0.2) is 28.8 Å². The third-order valence-electron chi connectivity index (χ3n) is 4.39. The minimum Gasteiger partial charge on any atom is -0.339 e. The van der Waals surface area contributed by atoms with Gasteiger partial charge in [-0.05, 0) is 43.9 Å². The molecule has 1 aliphatic rings. The van der Waals surface area contributed by atoms with Crippen molar-refractivity contribution in [3.63, 3.8) is 0 Å². The van der Waals surface area contributed by atoms with E-state index < -0.39 is 11.8 Å². The van der Waals surface area contributed by atoms with Crippen molar-refractivity contribution in [2.24, 2.45) is 0 Å². The van der Waals surface area contributed by atoms with Gasteiger partial charge >= 0.3 is 11.8 Å². The summed E-state index contributed by atoms with van der Waals surface area (Å²) in [6.45, 7) is 4.78. The molecule has 25 heavy (non-hydrogen) atoms. The quantitative estimate of drug-likeness (QED) is 0.865. The number of nitrogens with one attached hydrogen (secondary N) is 1. The second-order valence-electron chi connectivity index (χ2n) is 6.28. The number of anilines is 1. The van der Waals surface area contributed by atoms with Crippen LogP contribution in [0.4, 0.5) is 5.69 Å². The van der Waals surface area contributed by atoms with Crippen LogP contribution in [0, 0.1) is 6.92 Å². The maximum atomic E-state index is 12.5. The maximum absolute atomic E-state index is 12.5. The molecule has 7 heteroatoms. The zero-order valence-corrected chi connectivity index (χ0v) is 14.5. The largest absolute Gasteiger partial charge is 0.339 e. The van der Waals surface area contributed by atoms with Crippen LogP contribution in [0.1, 0.15) is 43.0 Å².